The molecule has 1 unspecified atom stereocenters. The maximum Gasteiger partial charge on any atom is 0.341 e. The number of carboxylic acid groups (broad SMARTS) is 1. The van der Waals surface area contributed by atoms with E-state index in [9.17, 15) is 9.59 Å². The molecule has 0 saturated carbocycles. The normalized spacial score (nSPS) is 11.7. The molecule has 0 aliphatic heterocycles. The summed E-state index contributed by atoms with van der Waals surface area (Å²) >= 11 is 0. The second-order valence-corrected chi connectivity index (χ2v) is 4.86. The van der Waals surface area contributed by atoms with Crippen molar-refractivity contribution in [2.24, 2.45) is 0 Å². The van der Waals surface area contributed by atoms with E-state index in [1.807, 2.05) is 6.92 Å². The van der Waals surface area contributed by atoms with Crippen LogP contribution in [0.1, 0.15) is 34.8 Å². The number of carbonyl (C=O) groups excluding carboxylic acids is 1. The predicted octanol–water partition coefficient (Wildman–Crippen LogP) is 2.54. The summed E-state index contributed by atoms with van der Waals surface area (Å²) in [6.45, 7) is 3.24. The summed E-state index contributed by atoms with van der Waals surface area (Å²) < 4.78 is 10.3. The molecule has 0 radical (unpaired) electrons. The van der Waals surface area contributed by atoms with Crippen LogP contribution in [-0.2, 0) is 4.79 Å². The van der Waals surface area contributed by atoms with Crippen LogP contribution in [0.2, 0.25) is 0 Å². The molecule has 116 valence electrons. The Morgan fingerprint density at radius 3 is 2.45 bits per heavy atom. The van der Waals surface area contributed by atoms with Gasteiger partial charge in [0, 0.05) is 0 Å². The van der Waals surface area contributed by atoms with Gasteiger partial charge < -0.3 is 19.6 Å². The summed E-state index contributed by atoms with van der Waals surface area (Å²) in [6.07, 6.45) is 0. The van der Waals surface area contributed by atoms with Crippen LogP contribution in [0.15, 0.2) is 40.8 Å². The van der Waals surface area contributed by atoms with Crippen LogP contribution in [0.4, 0.5) is 0 Å². The fraction of sp³-hybridized carbons (Fsp3) is 0.250. The fourth-order valence-corrected chi connectivity index (χ4v) is 1.91. The summed E-state index contributed by atoms with van der Waals surface area (Å²) in [6, 6.07) is 10.0. The number of aryl methyl sites for hydroxylation is 1. The van der Waals surface area contributed by atoms with Crippen molar-refractivity contribution >= 4 is 11.9 Å². The van der Waals surface area contributed by atoms with Gasteiger partial charge in [0.15, 0.2) is 12.4 Å². The first-order chi connectivity index (χ1) is 10.5. The Morgan fingerprint density at radius 2 is 1.91 bits per heavy atom. The van der Waals surface area contributed by atoms with Crippen molar-refractivity contribution in [1.82, 2.24) is 5.32 Å². The number of carboxylic acids is 1. The van der Waals surface area contributed by atoms with Gasteiger partial charge in [-0.3, -0.25) is 4.79 Å². The van der Waals surface area contributed by atoms with Gasteiger partial charge in [-0.2, -0.15) is 0 Å². The maximum atomic E-state index is 12.0. The highest BCUT2D eigenvalue weighted by Gasteiger charge is 2.14. The lowest BCUT2D eigenvalue weighted by Crippen LogP contribution is -2.26. The molecule has 6 nitrogen and oxygen atoms in total. The van der Waals surface area contributed by atoms with Gasteiger partial charge in [-0.15, -0.1) is 0 Å². The molecule has 2 rings (SSSR count). The van der Waals surface area contributed by atoms with Crippen LogP contribution in [0.25, 0.3) is 0 Å². The molecule has 2 N–H and O–H groups in total. The Labute approximate surface area is 127 Å². The van der Waals surface area contributed by atoms with Crippen LogP contribution in [0.3, 0.4) is 0 Å². The zero-order valence-electron chi connectivity index (χ0n) is 12.3. The number of hydrogen-bond acceptors (Lipinski definition) is 4. The van der Waals surface area contributed by atoms with E-state index in [-0.39, 0.29) is 24.3 Å². The number of carbonyl (C=O) groups is 2. The van der Waals surface area contributed by atoms with Crippen molar-refractivity contribution < 1.29 is 23.8 Å². The summed E-state index contributed by atoms with van der Waals surface area (Å²) in [5.74, 6) is 0.0973. The lowest BCUT2D eigenvalue weighted by Gasteiger charge is -2.14. The van der Waals surface area contributed by atoms with Crippen molar-refractivity contribution in [3.05, 3.63) is 53.5 Å². The van der Waals surface area contributed by atoms with Gasteiger partial charge in [0.2, 0.25) is 0 Å². The second kappa shape index (κ2) is 6.80. The molecule has 0 aliphatic rings. The molecule has 1 amide bonds. The molecule has 0 aliphatic carbocycles. The number of aliphatic carboxylic acids is 1. The molecular weight excluding hydrogens is 286 g/mol. The molecule has 1 aromatic carbocycles. The van der Waals surface area contributed by atoms with Gasteiger partial charge in [0.25, 0.3) is 5.91 Å². The Morgan fingerprint density at radius 1 is 1.23 bits per heavy atom. The van der Waals surface area contributed by atoms with Crippen LogP contribution >= 0.6 is 0 Å². The molecule has 6 heteroatoms. The molecule has 1 aromatic heterocycles. The quantitative estimate of drug-likeness (QED) is 0.856. The highest BCUT2D eigenvalue weighted by Crippen LogP contribution is 2.18. The first kappa shape index (κ1) is 15.6. The molecular formula is C16H17NO5. The zero-order chi connectivity index (χ0) is 16.1. The van der Waals surface area contributed by atoms with Crippen LogP contribution < -0.4 is 10.1 Å². The van der Waals surface area contributed by atoms with E-state index in [4.69, 9.17) is 14.3 Å². The van der Waals surface area contributed by atoms with Crippen molar-refractivity contribution in [2.45, 2.75) is 19.9 Å². The molecule has 0 bridgehead atoms. The van der Waals surface area contributed by atoms with Crippen molar-refractivity contribution in [3.8, 4) is 5.75 Å². The SMILES string of the molecule is Cc1ccc(C(=O)NC(C)c2ccc(OCC(=O)O)cc2)o1. The molecule has 1 atom stereocenters. The van der Waals surface area contributed by atoms with Gasteiger partial charge in [-0.05, 0) is 43.7 Å². The first-order valence-electron chi connectivity index (χ1n) is 6.77. The summed E-state index contributed by atoms with van der Waals surface area (Å²) in [4.78, 5) is 22.4. The average molecular weight is 303 g/mol. The number of benzene rings is 1. The molecule has 0 fully saturated rings. The lowest BCUT2D eigenvalue weighted by molar-refractivity contribution is -0.139. The van der Waals surface area contributed by atoms with Crippen LogP contribution in [0, 0.1) is 6.92 Å². The van der Waals surface area contributed by atoms with E-state index < -0.39 is 5.97 Å². The third kappa shape index (κ3) is 4.12. The Bertz CT molecular complexity index is 659. The second-order valence-electron chi connectivity index (χ2n) is 4.86. The van der Waals surface area contributed by atoms with E-state index in [1.165, 1.54) is 0 Å². The highest BCUT2D eigenvalue weighted by atomic mass is 16.5. The van der Waals surface area contributed by atoms with Crippen molar-refractivity contribution in [3.63, 3.8) is 0 Å². The van der Waals surface area contributed by atoms with Gasteiger partial charge in [0.05, 0.1) is 6.04 Å². The minimum Gasteiger partial charge on any atom is -0.482 e. The van der Waals surface area contributed by atoms with E-state index >= 15 is 0 Å². The number of amides is 1. The molecule has 0 spiro atoms. The number of furan rings is 1. The lowest BCUT2D eigenvalue weighted by atomic mass is 10.1. The molecule has 1 heterocycles. The monoisotopic (exact) mass is 303 g/mol. The van der Waals surface area contributed by atoms with E-state index in [0.717, 1.165) is 5.56 Å². The average Bonchev–Trinajstić information content (AvgIpc) is 2.92. The number of rotatable bonds is 6. The van der Waals surface area contributed by atoms with E-state index in [1.54, 1.807) is 43.3 Å². The smallest absolute Gasteiger partial charge is 0.341 e. The zero-order valence-corrected chi connectivity index (χ0v) is 12.3. The van der Waals surface area contributed by atoms with E-state index in [0.29, 0.717) is 11.5 Å². The van der Waals surface area contributed by atoms with Crippen molar-refractivity contribution in [2.75, 3.05) is 6.61 Å². The van der Waals surface area contributed by atoms with Gasteiger partial charge in [-0.25, -0.2) is 4.79 Å². The van der Waals surface area contributed by atoms with Gasteiger partial charge in [0.1, 0.15) is 11.5 Å². The molecule has 22 heavy (non-hydrogen) atoms. The number of ether oxygens (including phenoxy) is 1. The van der Waals surface area contributed by atoms with Crippen molar-refractivity contribution in [1.29, 1.82) is 0 Å². The highest BCUT2D eigenvalue weighted by molar-refractivity contribution is 5.91. The summed E-state index contributed by atoms with van der Waals surface area (Å²) in [5.41, 5.74) is 0.874. The van der Waals surface area contributed by atoms with Gasteiger partial charge in [-0.1, -0.05) is 12.1 Å². The van der Waals surface area contributed by atoms with Crippen LogP contribution in [0.5, 0.6) is 5.75 Å². The maximum absolute atomic E-state index is 12.0. The minimum absolute atomic E-state index is 0.216. The molecule has 2 aromatic rings. The predicted molar refractivity (Wildman–Crippen MR) is 78.9 cm³/mol. The topological polar surface area (TPSA) is 88.8 Å². The van der Waals surface area contributed by atoms with Crippen LogP contribution in [-0.4, -0.2) is 23.6 Å². The Hall–Kier alpha value is -2.76. The Balaban J connectivity index is 1.96. The number of hydrogen-bond donors (Lipinski definition) is 2. The Kier molecular flexibility index (Phi) is 4.83. The third-order valence-electron chi connectivity index (χ3n) is 3.05. The fourth-order valence-electron chi connectivity index (χ4n) is 1.91. The molecule has 0 saturated heterocycles. The summed E-state index contributed by atoms with van der Waals surface area (Å²) in [7, 11) is 0. The standard InChI is InChI=1S/C16H17NO5/c1-10-3-8-14(22-10)16(20)17-11(2)12-4-6-13(7-5-12)21-9-15(18)19/h3-8,11H,9H2,1-2H3,(H,17,20)(H,18,19). The third-order valence-corrected chi connectivity index (χ3v) is 3.05. The largest absolute Gasteiger partial charge is 0.482 e. The number of nitrogens with one attached hydrogen (secondary N) is 1. The van der Waals surface area contributed by atoms with Gasteiger partial charge >= 0.3 is 5.97 Å². The summed E-state index contributed by atoms with van der Waals surface area (Å²) in [5, 5.41) is 11.4. The minimum atomic E-state index is -1.03. The first-order valence-corrected chi connectivity index (χ1v) is 6.77. The van der Waals surface area contributed by atoms with E-state index in [2.05, 4.69) is 5.32 Å².